The molecule has 0 radical (unpaired) electrons. The number of non-ortho nitro benzene ring substituents is 1. The zero-order valence-corrected chi connectivity index (χ0v) is 11.7. The van der Waals surface area contributed by atoms with E-state index in [1.807, 2.05) is 0 Å². The Balaban J connectivity index is 3.05. The van der Waals surface area contributed by atoms with Crippen LogP contribution in [0.2, 0.25) is 0 Å². The molecule has 0 aliphatic rings. The van der Waals surface area contributed by atoms with E-state index in [-0.39, 0.29) is 11.3 Å². The zero-order valence-electron chi connectivity index (χ0n) is 11.7. The Morgan fingerprint density at radius 2 is 2.00 bits per heavy atom. The van der Waals surface area contributed by atoms with Gasteiger partial charge in [-0.05, 0) is 0 Å². The first-order chi connectivity index (χ1) is 11.2. The first kappa shape index (κ1) is 18.7. The van der Waals surface area contributed by atoms with Crippen molar-refractivity contribution >= 4 is 11.4 Å². The number of ether oxygens (including phenoxy) is 1. The lowest BCUT2D eigenvalue weighted by Gasteiger charge is -2.16. The van der Waals surface area contributed by atoms with E-state index in [2.05, 4.69) is 10.1 Å². The molecule has 0 unspecified atom stereocenters. The maximum atomic E-state index is 12.8. The Bertz CT molecular complexity index is 722. The Morgan fingerprint density at radius 1 is 1.38 bits per heavy atom. The molecule has 7 nitrogen and oxygen atoms in total. The summed E-state index contributed by atoms with van der Waals surface area (Å²) in [6.07, 6.45) is -3.03. The molecule has 0 amide bonds. The molecule has 0 fully saturated rings. The third-order valence-electron chi connectivity index (χ3n) is 2.48. The highest BCUT2D eigenvalue weighted by atomic mass is 19.3. The van der Waals surface area contributed by atoms with Crippen molar-refractivity contribution in [3.8, 4) is 17.9 Å². The normalized spacial score (nSPS) is 10.5. The molecule has 0 aliphatic heterocycles. The number of halogens is 4. The second-order valence-electron chi connectivity index (χ2n) is 4.25. The summed E-state index contributed by atoms with van der Waals surface area (Å²) in [5, 5.41) is 30.3. The van der Waals surface area contributed by atoms with Crippen molar-refractivity contribution in [2.24, 2.45) is 0 Å². The van der Waals surface area contributed by atoms with Crippen LogP contribution in [-0.2, 0) is 0 Å². The summed E-state index contributed by atoms with van der Waals surface area (Å²) < 4.78 is 54.3. The average molecular weight is 344 g/mol. The largest absolute Gasteiger partial charge is 0.487 e. The molecule has 126 valence electrons. The van der Waals surface area contributed by atoms with Crippen molar-refractivity contribution in [2.45, 2.75) is 12.3 Å². The van der Waals surface area contributed by atoms with E-state index < -0.39 is 35.3 Å². The third kappa shape index (κ3) is 5.14. The number of benzene rings is 1. The number of hydrogen-bond acceptors (Lipinski definition) is 6. The molecule has 0 atom stereocenters. The Kier molecular flexibility index (Phi) is 6.07. The van der Waals surface area contributed by atoms with E-state index in [0.717, 1.165) is 24.4 Å². The zero-order chi connectivity index (χ0) is 18.3. The number of hydrogen-bond donors (Lipinski definition) is 1. The SMILES string of the molecule is N#CC(C#N)=CNc1cc(OCC(F)(F)C(F)F)cc([N+](=O)[O-])c1. The van der Waals surface area contributed by atoms with Crippen LogP contribution in [0.25, 0.3) is 0 Å². The minimum Gasteiger partial charge on any atom is -0.487 e. The van der Waals surface area contributed by atoms with Gasteiger partial charge in [-0.3, -0.25) is 10.1 Å². The Hall–Kier alpha value is -3.34. The number of nitrogens with one attached hydrogen (secondary N) is 1. The van der Waals surface area contributed by atoms with E-state index in [1.165, 1.54) is 12.1 Å². The number of alkyl halides is 4. The molecule has 1 aromatic carbocycles. The average Bonchev–Trinajstić information content (AvgIpc) is 2.53. The van der Waals surface area contributed by atoms with E-state index >= 15 is 0 Å². The molecule has 1 N–H and O–H groups in total. The van der Waals surface area contributed by atoms with E-state index in [4.69, 9.17) is 10.5 Å². The quantitative estimate of drug-likeness (QED) is 0.352. The highest BCUT2D eigenvalue weighted by Crippen LogP contribution is 2.29. The lowest BCUT2D eigenvalue weighted by atomic mass is 10.2. The van der Waals surface area contributed by atoms with Gasteiger partial charge in [0.05, 0.1) is 11.0 Å². The summed E-state index contributed by atoms with van der Waals surface area (Å²) >= 11 is 0. The van der Waals surface area contributed by atoms with Gasteiger partial charge in [0.1, 0.15) is 23.5 Å². The van der Waals surface area contributed by atoms with Crippen LogP contribution in [-0.4, -0.2) is 23.9 Å². The van der Waals surface area contributed by atoms with Crippen molar-refractivity contribution in [3.05, 3.63) is 40.1 Å². The van der Waals surface area contributed by atoms with Crippen molar-refractivity contribution in [2.75, 3.05) is 11.9 Å². The molecule has 24 heavy (non-hydrogen) atoms. The number of anilines is 1. The molecule has 0 spiro atoms. The van der Waals surface area contributed by atoms with Gasteiger partial charge in [0.2, 0.25) is 0 Å². The first-order valence-electron chi connectivity index (χ1n) is 6.04. The van der Waals surface area contributed by atoms with Gasteiger partial charge in [-0.15, -0.1) is 0 Å². The van der Waals surface area contributed by atoms with Crippen molar-refractivity contribution < 1.29 is 27.2 Å². The van der Waals surface area contributed by atoms with Crippen LogP contribution < -0.4 is 10.1 Å². The summed E-state index contributed by atoms with van der Waals surface area (Å²) in [5.41, 5.74) is -0.991. The van der Waals surface area contributed by atoms with Gasteiger partial charge in [0.15, 0.2) is 6.61 Å². The Labute approximate surface area is 132 Å². The first-order valence-corrected chi connectivity index (χ1v) is 6.04. The molecule has 0 aromatic heterocycles. The highest BCUT2D eigenvalue weighted by Gasteiger charge is 2.41. The molecule has 0 saturated carbocycles. The van der Waals surface area contributed by atoms with Crippen LogP contribution in [0.1, 0.15) is 0 Å². The number of nitriles is 2. The fourth-order valence-corrected chi connectivity index (χ4v) is 1.34. The second kappa shape index (κ2) is 7.78. The predicted molar refractivity (Wildman–Crippen MR) is 72.5 cm³/mol. The van der Waals surface area contributed by atoms with E-state index in [9.17, 15) is 27.7 Å². The second-order valence-corrected chi connectivity index (χ2v) is 4.25. The van der Waals surface area contributed by atoms with Crippen LogP contribution in [0, 0.1) is 32.8 Å². The van der Waals surface area contributed by atoms with Crippen LogP contribution in [0.15, 0.2) is 30.0 Å². The standard InChI is InChI=1S/C13H8F4N4O3/c14-12(15)13(16,17)7-24-11-2-9(1-10(3-11)21(22)23)20-6-8(4-18)5-19/h1-3,6,12,20H,7H2. The minimum absolute atomic E-state index is 0.0671. The van der Waals surface area contributed by atoms with Crippen LogP contribution in [0.4, 0.5) is 28.9 Å². The molecule has 1 rings (SSSR count). The summed E-state index contributed by atoms with van der Waals surface area (Å²) in [7, 11) is 0. The van der Waals surface area contributed by atoms with Gasteiger partial charge < -0.3 is 10.1 Å². The molecule has 11 heteroatoms. The maximum Gasteiger partial charge on any atom is 0.340 e. The molecular weight excluding hydrogens is 336 g/mol. The number of allylic oxidation sites excluding steroid dienone is 1. The number of nitro benzene ring substituents is 1. The lowest BCUT2D eigenvalue weighted by molar-refractivity contribution is -0.384. The summed E-state index contributed by atoms with van der Waals surface area (Å²) in [5.74, 6) is -4.89. The summed E-state index contributed by atoms with van der Waals surface area (Å²) in [4.78, 5) is 9.94. The molecule has 1 aromatic rings. The van der Waals surface area contributed by atoms with E-state index in [1.54, 1.807) is 0 Å². The molecule has 0 bridgehead atoms. The predicted octanol–water partition coefficient (Wildman–Crippen LogP) is 3.22. The maximum absolute atomic E-state index is 12.8. The van der Waals surface area contributed by atoms with Crippen molar-refractivity contribution in [1.82, 2.24) is 0 Å². The number of nitro groups is 1. The summed E-state index contributed by atoms with van der Waals surface area (Å²) in [6.45, 7) is -1.68. The number of rotatable bonds is 7. The van der Waals surface area contributed by atoms with Crippen molar-refractivity contribution in [1.29, 1.82) is 10.5 Å². The van der Waals surface area contributed by atoms with Crippen LogP contribution in [0.5, 0.6) is 5.75 Å². The molecule has 0 heterocycles. The molecular formula is C13H8F4N4O3. The van der Waals surface area contributed by atoms with Crippen LogP contribution in [0.3, 0.4) is 0 Å². The van der Waals surface area contributed by atoms with Gasteiger partial charge in [-0.1, -0.05) is 0 Å². The highest BCUT2D eigenvalue weighted by molar-refractivity contribution is 5.58. The number of nitrogens with zero attached hydrogens (tertiary/aromatic N) is 3. The van der Waals surface area contributed by atoms with Gasteiger partial charge in [-0.25, -0.2) is 8.78 Å². The molecule has 0 saturated heterocycles. The van der Waals surface area contributed by atoms with Gasteiger partial charge in [0.25, 0.3) is 5.69 Å². The topological polar surface area (TPSA) is 112 Å². The summed E-state index contributed by atoms with van der Waals surface area (Å²) in [6, 6.07) is 5.80. The van der Waals surface area contributed by atoms with Crippen LogP contribution >= 0.6 is 0 Å². The monoisotopic (exact) mass is 344 g/mol. The van der Waals surface area contributed by atoms with E-state index in [0.29, 0.717) is 0 Å². The minimum atomic E-state index is -4.42. The van der Waals surface area contributed by atoms with Gasteiger partial charge in [-0.2, -0.15) is 19.3 Å². The molecule has 0 aliphatic carbocycles. The fourth-order valence-electron chi connectivity index (χ4n) is 1.34. The third-order valence-corrected chi connectivity index (χ3v) is 2.48. The van der Waals surface area contributed by atoms with Crippen molar-refractivity contribution in [3.63, 3.8) is 0 Å². The lowest BCUT2D eigenvalue weighted by Crippen LogP contribution is -2.33. The van der Waals surface area contributed by atoms with Gasteiger partial charge in [0, 0.05) is 24.0 Å². The Morgan fingerprint density at radius 3 is 2.50 bits per heavy atom. The fraction of sp³-hybridized carbons (Fsp3) is 0.231. The van der Waals surface area contributed by atoms with Gasteiger partial charge >= 0.3 is 12.3 Å². The smallest absolute Gasteiger partial charge is 0.340 e.